The van der Waals surface area contributed by atoms with Crippen molar-refractivity contribution in [3.8, 4) is 0 Å². The molecule has 3 N–H and O–H groups in total. The van der Waals surface area contributed by atoms with Crippen LogP contribution in [0.5, 0.6) is 0 Å². The molecule has 0 bridgehead atoms. The highest BCUT2D eigenvalue weighted by Crippen LogP contribution is 2.29. The van der Waals surface area contributed by atoms with Crippen LogP contribution in [-0.2, 0) is 17.4 Å². The fourth-order valence-electron chi connectivity index (χ4n) is 2.02. The number of benzene rings is 1. The van der Waals surface area contributed by atoms with Gasteiger partial charge in [-0.05, 0) is 29.8 Å². The van der Waals surface area contributed by atoms with Crippen molar-refractivity contribution in [2.45, 2.75) is 18.6 Å². The minimum atomic E-state index is -4.44. The predicted octanol–water partition coefficient (Wildman–Crippen LogP) is 1.93. The van der Waals surface area contributed by atoms with Gasteiger partial charge in [-0.3, -0.25) is 14.6 Å². The maximum absolute atomic E-state index is 12.5. The second-order valence-corrected chi connectivity index (χ2v) is 5.04. The number of hydrogen-bond donors (Lipinski definition) is 2. The monoisotopic (exact) mass is 337 g/mol. The number of nitrogens with two attached hydrogens (primary N) is 1. The van der Waals surface area contributed by atoms with Crippen LogP contribution in [0.25, 0.3) is 0 Å². The lowest BCUT2D eigenvalue weighted by Crippen LogP contribution is -2.46. The Morgan fingerprint density at radius 2 is 1.79 bits per heavy atom. The topological polar surface area (TPSA) is 85.1 Å². The van der Waals surface area contributed by atoms with Crippen LogP contribution < -0.4 is 11.1 Å². The number of aromatic nitrogens is 1. The van der Waals surface area contributed by atoms with E-state index in [2.05, 4.69) is 10.3 Å². The quantitative estimate of drug-likeness (QED) is 0.874. The molecule has 0 saturated heterocycles. The molecule has 0 spiro atoms. The molecule has 5 nitrogen and oxygen atoms in total. The van der Waals surface area contributed by atoms with Crippen molar-refractivity contribution in [3.05, 3.63) is 65.5 Å². The zero-order valence-electron chi connectivity index (χ0n) is 12.4. The SMILES string of the molecule is NC(=O)[C@@H](Cc1ccc(C(F)(F)F)cc1)NC(=O)c1ccccn1. The molecule has 1 aromatic carbocycles. The summed E-state index contributed by atoms with van der Waals surface area (Å²) in [6.45, 7) is 0. The number of pyridine rings is 1. The maximum Gasteiger partial charge on any atom is 0.416 e. The lowest BCUT2D eigenvalue weighted by Gasteiger charge is -2.16. The van der Waals surface area contributed by atoms with Crippen LogP contribution in [0.3, 0.4) is 0 Å². The Balaban J connectivity index is 2.09. The van der Waals surface area contributed by atoms with E-state index in [1.165, 1.54) is 24.4 Å². The van der Waals surface area contributed by atoms with E-state index in [1.54, 1.807) is 12.1 Å². The zero-order chi connectivity index (χ0) is 17.7. The van der Waals surface area contributed by atoms with E-state index in [1.807, 2.05) is 0 Å². The van der Waals surface area contributed by atoms with Crippen molar-refractivity contribution in [2.75, 3.05) is 0 Å². The van der Waals surface area contributed by atoms with Gasteiger partial charge in [0.15, 0.2) is 0 Å². The summed E-state index contributed by atoms with van der Waals surface area (Å²) >= 11 is 0. The van der Waals surface area contributed by atoms with E-state index < -0.39 is 29.6 Å². The number of carbonyl (C=O) groups is 2. The second-order valence-electron chi connectivity index (χ2n) is 5.04. The summed E-state index contributed by atoms with van der Waals surface area (Å²) in [5.41, 5.74) is 5.01. The van der Waals surface area contributed by atoms with Gasteiger partial charge in [-0.25, -0.2) is 0 Å². The van der Waals surface area contributed by atoms with Gasteiger partial charge in [-0.2, -0.15) is 13.2 Å². The van der Waals surface area contributed by atoms with Gasteiger partial charge >= 0.3 is 6.18 Å². The minimum absolute atomic E-state index is 0.0218. The molecule has 0 aliphatic rings. The Hall–Kier alpha value is -2.90. The molecule has 0 aliphatic carbocycles. The number of carbonyl (C=O) groups excluding carboxylic acids is 2. The lowest BCUT2D eigenvalue weighted by molar-refractivity contribution is -0.137. The van der Waals surface area contributed by atoms with Crippen LogP contribution in [0, 0.1) is 0 Å². The molecular weight excluding hydrogens is 323 g/mol. The standard InChI is InChI=1S/C16H14F3N3O2/c17-16(18,19)11-6-4-10(5-7-11)9-13(14(20)23)22-15(24)12-3-1-2-8-21-12/h1-8,13H,9H2,(H2,20,23)(H,22,24)/t13-/m1/s1. The highest BCUT2D eigenvalue weighted by atomic mass is 19.4. The molecule has 24 heavy (non-hydrogen) atoms. The van der Waals surface area contributed by atoms with E-state index >= 15 is 0 Å². The molecule has 0 unspecified atom stereocenters. The van der Waals surface area contributed by atoms with Crippen LogP contribution in [-0.4, -0.2) is 22.8 Å². The third kappa shape index (κ3) is 4.55. The van der Waals surface area contributed by atoms with Crippen LogP contribution in [0.1, 0.15) is 21.6 Å². The van der Waals surface area contributed by atoms with E-state index in [0.717, 1.165) is 12.1 Å². The second kappa shape index (κ2) is 7.12. The third-order valence-electron chi connectivity index (χ3n) is 3.27. The number of halogens is 3. The van der Waals surface area contributed by atoms with E-state index in [-0.39, 0.29) is 12.1 Å². The summed E-state index contributed by atoms with van der Waals surface area (Å²) < 4.78 is 37.6. The van der Waals surface area contributed by atoms with Gasteiger partial charge in [-0.1, -0.05) is 18.2 Å². The lowest BCUT2D eigenvalue weighted by atomic mass is 10.0. The Bertz CT molecular complexity index is 716. The number of primary amides is 1. The van der Waals surface area contributed by atoms with Crippen molar-refractivity contribution in [1.29, 1.82) is 0 Å². The first-order valence-corrected chi connectivity index (χ1v) is 6.94. The Morgan fingerprint density at radius 1 is 1.12 bits per heavy atom. The average Bonchev–Trinajstić information content (AvgIpc) is 2.54. The average molecular weight is 337 g/mol. The Kier molecular flexibility index (Phi) is 5.18. The van der Waals surface area contributed by atoms with Crippen LogP contribution in [0.15, 0.2) is 48.7 Å². The molecular formula is C16H14F3N3O2. The minimum Gasteiger partial charge on any atom is -0.368 e. The Labute approximate surface area is 135 Å². The summed E-state index contributed by atoms with van der Waals surface area (Å²) in [6, 6.07) is 7.95. The number of rotatable bonds is 5. The smallest absolute Gasteiger partial charge is 0.368 e. The number of amides is 2. The predicted molar refractivity (Wildman–Crippen MR) is 79.8 cm³/mol. The zero-order valence-corrected chi connectivity index (χ0v) is 12.4. The first kappa shape index (κ1) is 17.5. The maximum atomic E-state index is 12.5. The van der Waals surface area contributed by atoms with Gasteiger partial charge in [0, 0.05) is 12.6 Å². The van der Waals surface area contributed by atoms with Crippen molar-refractivity contribution in [1.82, 2.24) is 10.3 Å². The number of nitrogens with zero attached hydrogens (tertiary/aromatic N) is 1. The van der Waals surface area contributed by atoms with Crippen LogP contribution >= 0.6 is 0 Å². The fourth-order valence-corrected chi connectivity index (χ4v) is 2.02. The highest BCUT2D eigenvalue weighted by molar-refractivity contribution is 5.95. The molecule has 2 amide bonds. The van der Waals surface area contributed by atoms with Crippen LogP contribution in [0.2, 0.25) is 0 Å². The van der Waals surface area contributed by atoms with Gasteiger partial charge in [-0.15, -0.1) is 0 Å². The van der Waals surface area contributed by atoms with Gasteiger partial charge in [0.25, 0.3) is 5.91 Å². The molecule has 1 heterocycles. The van der Waals surface area contributed by atoms with Crippen molar-refractivity contribution in [3.63, 3.8) is 0 Å². The summed E-state index contributed by atoms with van der Waals surface area (Å²) in [5, 5.41) is 2.43. The van der Waals surface area contributed by atoms with Gasteiger partial charge < -0.3 is 11.1 Å². The van der Waals surface area contributed by atoms with Crippen molar-refractivity contribution < 1.29 is 22.8 Å². The molecule has 0 aliphatic heterocycles. The first-order valence-electron chi connectivity index (χ1n) is 6.94. The first-order chi connectivity index (χ1) is 11.3. The van der Waals surface area contributed by atoms with Gasteiger partial charge in [0.2, 0.25) is 5.91 Å². The molecule has 8 heteroatoms. The molecule has 1 aromatic heterocycles. The van der Waals surface area contributed by atoms with Crippen molar-refractivity contribution >= 4 is 11.8 Å². The molecule has 1 atom stereocenters. The molecule has 0 saturated carbocycles. The normalized spacial score (nSPS) is 12.5. The third-order valence-corrected chi connectivity index (χ3v) is 3.27. The molecule has 0 radical (unpaired) electrons. The van der Waals surface area contributed by atoms with E-state index in [0.29, 0.717) is 5.56 Å². The summed E-state index contributed by atoms with van der Waals surface area (Å²) in [7, 11) is 0. The molecule has 2 aromatic rings. The fraction of sp³-hybridized carbons (Fsp3) is 0.188. The van der Waals surface area contributed by atoms with Crippen molar-refractivity contribution in [2.24, 2.45) is 5.73 Å². The van der Waals surface area contributed by atoms with Crippen LogP contribution in [0.4, 0.5) is 13.2 Å². The molecule has 0 fully saturated rings. The highest BCUT2D eigenvalue weighted by Gasteiger charge is 2.30. The van der Waals surface area contributed by atoms with E-state index in [4.69, 9.17) is 5.73 Å². The molecule has 2 rings (SSSR count). The number of nitrogens with one attached hydrogen (secondary N) is 1. The largest absolute Gasteiger partial charge is 0.416 e. The summed E-state index contributed by atoms with van der Waals surface area (Å²) in [5.74, 6) is -1.38. The number of hydrogen-bond acceptors (Lipinski definition) is 3. The summed E-state index contributed by atoms with van der Waals surface area (Å²) in [6.07, 6.45) is -3.04. The van der Waals surface area contributed by atoms with Gasteiger partial charge in [0.1, 0.15) is 11.7 Å². The summed E-state index contributed by atoms with van der Waals surface area (Å²) in [4.78, 5) is 27.4. The Morgan fingerprint density at radius 3 is 2.29 bits per heavy atom. The van der Waals surface area contributed by atoms with E-state index in [9.17, 15) is 22.8 Å². The number of alkyl halides is 3. The molecule has 126 valence electrons. The van der Waals surface area contributed by atoms with Gasteiger partial charge in [0.05, 0.1) is 5.56 Å².